The highest BCUT2D eigenvalue weighted by Gasteiger charge is 2.27. The minimum atomic E-state index is 0.318. The zero-order valence-corrected chi connectivity index (χ0v) is 11.1. The van der Waals surface area contributed by atoms with Crippen molar-refractivity contribution in [1.29, 1.82) is 0 Å². The van der Waals surface area contributed by atoms with E-state index in [0.29, 0.717) is 31.2 Å². The molecule has 1 rings (SSSR count). The fraction of sp³-hybridized carbons (Fsp3) is 1.00. The molecule has 0 aromatic rings. The fourth-order valence-electron chi connectivity index (χ4n) is 2.42. The Bertz CT molecular complexity index is 180. The van der Waals surface area contributed by atoms with Crippen LogP contribution < -0.4 is 11.1 Å². The Labute approximate surface area is 104 Å². The van der Waals surface area contributed by atoms with Gasteiger partial charge in [0.05, 0.1) is 0 Å². The zero-order valence-electron chi connectivity index (χ0n) is 10.3. The zero-order chi connectivity index (χ0) is 11.8. The number of nitrogens with one attached hydrogen (secondary N) is 1. The molecule has 3 unspecified atom stereocenters. The van der Waals surface area contributed by atoms with E-state index in [4.69, 9.17) is 5.73 Å². The number of nitrogens with two attached hydrogens (primary N) is 1. The SMILES string of the molecule is CCSCCC(CN)NC1CCCC1CO. The van der Waals surface area contributed by atoms with Gasteiger partial charge >= 0.3 is 0 Å². The Morgan fingerprint density at radius 2 is 2.31 bits per heavy atom. The Hall–Kier alpha value is 0.230. The van der Waals surface area contributed by atoms with Gasteiger partial charge in [-0.05, 0) is 36.7 Å². The number of thioether (sulfide) groups is 1. The first-order valence-corrected chi connectivity index (χ1v) is 7.62. The lowest BCUT2D eigenvalue weighted by atomic mass is 10.0. The molecule has 3 atom stereocenters. The third-order valence-electron chi connectivity index (χ3n) is 3.44. The number of aliphatic hydroxyl groups excluding tert-OH is 1. The molecule has 96 valence electrons. The van der Waals surface area contributed by atoms with Crippen LogP contribution in [0.1, 0.15) is 32.6 Å². The molecule has 3 nitrogen and oxygen atoms in total. The fourth-order valence-corrected chi connectivity index (χ4v) is 3.16. The standard InChI is InChI=1S/C12H26N2OS/c1-2-16-7-6-11(8-13)14-12-5-3-4-10(12)9-15/h10-12,14-15H,2-9,13H2,1H3. The second-order valence-corrected chi connectivity index (χ2v) is 5.96. The Balaban J connectivity index is 2.25. The van der Waals surface area contributed by atoms with Gasteiger partial charge in [0.15, 0.2) is 0 Å². The molecule has 0 spiro atoms. The number of hydrogen-bond acceptors (Lipinski definition) is 4. The van der Waals surface area contributed by atoms with Crippen LogP contribution in [0.15, 0.2) is 0 Å². The predicted molar refractivity (Wildman–Crippen MR) is 71.8 cm³/mol. The lowest BCUT2D eigenvalue weighted by Gasteiger charge is -2.25. The van der Waals surface area contributed by atoms with Crippen molar-refractivity contribution >= 4 is 11.8 Å². The van der Waals surface area contributed by atoms with Gasteiger partial charge in [-0.15, -0.1) is 0 Å². The summed E-state index contributed by atoms with van der Waals surface area (Å²) in [5.74, 6) is 2.81. The maximum Gasteiger partial charge on any atom is 0.0474 e. The van der Waals surface area contributed by atoms with Gasteiger partial charge < -0.3 is 16.2 Å². The summed E-state index contributed by atoms with van der Waals surface area (Å²) in [5.41, 5.74) is 5.79. The van der Waals surface area contributed by atoms with Crippen molar-refractivity contribution in [1.82, 2.24) is 5.32 Å². The summed E-state index contributed by atoms with van der Waals surface area (Å²) >= 11 is 1.97. The first-order valence-electron chi connectivity index (χ1n) is 6.46. The lowest BCUT2D eigenvalue weighted by molar-refractivity contribution is 0.199. The summed E-state index contributed by atoms with van der Waals surface area (Å²) in [4.78, 5) is 0. The first kappa shape index (κ1) is 14.3. The average Bonchev–Trinajstić information content (AvgIpc) is 2.75. The molecule has 0 aromatic heterocycles. The normalized spacial score (nSPS) is 27.2. The lowest BCUT2D eigenvalue weighted by Crippen LogP contribution is -2.45. The van der Waals surface area contributed by atoms with E-state index in [2.05, 4.69) is 12.2 Å². The molecule has 0 bridgehead atoms. The molecule has 16 heavy (non-hydrogen) atoms. The Morgan fingerprint density at radius 3 is 2.94 bits per heavy atom. The van der Waals surface area contributed by atoms with E-state index in [1.165, 1.54) is 24.3 Å². The van der Waals surface area contributed by atoms with Crippen molar-refractivity contribution in [2.45, 2.75) is 44.7 Å². The average molecular weight is 246 g/mol. The van der Waals surface area contributed by atoms with Gasteiger partial charge in [0.2, 0.25) is 0 Å². The molecule has 0 radical (unpaired) electrons. The molecular weight excluding hydrogens is 220 g/mol. The molecule has 1 aliphatic rings. The van der Waals surface area contributed by atoms with Gasteiger partial charge in [-0.3, -0.25) is 0 Å². The molecule has 4 N–H and O–H groups in total. The van der Waals surface area contributed by atoms with Crippen LogP contribution in [-0.2, 0) is 0 Å². The molecule has 0 aliphatic heterocycles. The van der Waals surface area contributed by atoms with Crippen molar-refractivity contribution in [2.24, 2.45) is 11.7 Å². The molecule has 0 aromatic carbocycles. The molecule has 1 saturated carbocycles. The minimum Gasteiger partial charge on any atom is -0.396 e. The van der Waals surface area contributed by atoms with E-state index in [-0.39, 0.29) is 0 Å². The van der Waals surface area contributed by atoms with Gasteiger partial charge in [0.25, 0.3) is 0 Å². The van der Waals surface area contributed by atoms with E-state index in [1.807, 2.05) is 11.8 Å². The van der Waals surface area contributed by atoms with Gasteiger partial charge in [-0.25, -0.2) is 0 Å². The van der Waals surface area contributed by atoms with Gasteiger partial charge in [-0.2, -0.15) is 11.8 Å². The topological polar surface area (TPSA) is 58.3 Å². The third-order valence-corrected chi connectivity index (χ3v) is 4.38. The maximum atomic E-state index is 9.26. The van der Waals surface area contributed by atoms with E-state index in [0.717, 1.165) is 12.8 Å². The van der Waals surface area contributed by atoms with Crippen molar-refractivity contribution in [2.75, 3.05) is 24.7 Å². The van der Waals surface area contributed by atoms with E-state index in [1.54, 1.807) is 0 Å². The summed E-state index contributed by atoms with van der Waals surface area (Å²) < 4.78 is 0. The molecule has 0 saturated heterocycles. The summed E-state index contributed by atoms with van der Waals surface area (Å²) in [6.45, 7) is 3.21. The molecule has 0 heterocycles. The highest BCUT2D eigenvalue weighted by atomic mass is 32.2. The summed E-state index contributed by atoms with van der Waals surface area (Å²) in [5, 5.41) is 12.9. The molecule has 1 fully saturated rings. The first-order chi connectivity index (χ1) is 7.81. The van der Waals surface area contributed by atoms with E-state index >= 15 is 0 Å². The van der Waals surface area contributed by atoms with Crippen LogP contribution >= 0.6 is 11.8 Å². The van der Waals surface area contributed by atoms with Crippen LogP contribution in [0.3, 0.4) is 0 Å². The van der Waals surface area contributed by atoms with Crippen LogP contribution in [0, 0.1) is 5.92 Å². The number of hydrogen-bond donors (Lipinski definition) is 3. The van der Waals surface area contributed by atoms with Crippen LogP contribution in [0.4, 0.5) is 0 Å². The minimum absolute atomic E-state index is 0.318. The van der Waals surface area contributed by atoms with Crippen LogP contribution in [0.5, 0.6) is 0 Å². The van der Waals surface area contributed by atoms with Gasteiger partial charge in [-0.1, -0.05) is 13.3 Å². The van der Waals surface area contributed by atoms with E-state index in [9.17, 15) is 5.11 Å². The van der Waals surface area contributed by atoms with Crippen molar-refractivity contribution < 1.29 is 5.11 Å². The van der Waals surface area contributed by atoms with Crippen LogP contribution in [0.25, 0.3) is 0 Å². The highest BCUT2D eigenvalue weighted by Crippen LogP contribution is 2.25. The summed E-state index contributed by atoms with van der Waals surface area (Å²) in [6, 6.07) is 0.918. The highest BCUT2D eigenvalue weighted by molar-refractivity contribution is 7.99. The van der Waals surface area contributed by atoms with Crippen molar-refractivity contribution in [3.05, 3.63) is 0 Å². The Morgan fingerprint density at radius 1 is 1.50 bits per heavy atom. The number of aliphatic hydroxyl groups is 1. The monoisotopic (exact) mass is 246 g/mol. The Kier molecular flexibility index (Phi) is 7.45. The third kappa shape index (κ3) is 4.62. The van der Waals surface area contributed by atoms with Crippen LogP contribution in [-0.4, -0.2) is 41.8 Å². The molecule has 4 heteroatoms. The van der Waals surface area contributed by atoms with Gasteiger partial charge in [0.1, 0.15) is 0 Å². The predicted octanol–water partition coefficient (Wildman–Crippen LogP) is 1.21. The smallest absolute Gasteiger partial charge is 0.0474 e. The largest absolute Gasteiger partial charge is 0.396 e. The maximum absolute atomic E-state index is 9.26. The molecule has 0 amide bonds. The van der Waals surface area contributed by atoms with Gasteiger partial charge in [0, 0.05) is 25.2 Å². The second-order valence-electron chi connectivity index (χ2n) is 4.56. The second kappa shape index (κ2) is 8.34. The molecule has 1 aliphatic carbocycles. The van der Waals surface area contributed by atoms with Crippen molar-refractivity contribution in [3.8, 4) is 0 Å². The number of rotatable bonds is 8. The van der Waals surface area contributed by atoms with E-state index < -0.39 is 0 Å². The van der Waals surface area contributed by atoms with Crippen LogP contribution in [0.2, 0.25) is 0 Å². The summed E-state index contributed by atoms with van der Waals surface area (Å²) in [6.07, 6.45) is 4.74. The quantitative estimate of drug-likeness (QED) is 0.563. The molecular formula is C12H26N2OS. The summed E-state index contributed by atoms with van der Waals surface area (Å²) in [7, 11) is 0. The van der Waals surface area contributed by atoms with Crippen molar-refractivity contribution in [3.63, 3.8) is 0 Å².